The lowest BCUT2D eigenvalue weighted by Crippen LogP contribution is -1.76. The van der Waals surface area contributed by atoms with Gasteiger partial charge in [-0.05, 0) is 18.8 Å². The van der Waals surface area contributed by atoms with Crippen LogP contribution in [0.1, 0.15) is 47.5 Å². The van der Waals surface area contributed by atoms with Gasteiger partial charge in [0.05, 0.1) is 0 Å². The highest BCUT2D eigenvalue weighted by Gasteiger charge is 1.98. The fourth-order valence-electron chi connectivity index (χ4n) is 0.784. The van der Waals surface area contributed by atoms with Gasteiger partial charge in [0.1, 0.15) is 0 Å². The van der Waals surface area contributed by atoms with E-state index in [4.69, 9.17) is 0 Å². The highest BCUT2D eigenvalue weighted by atomic mass is 14.0. The quantitative estimate of drug-likeness (QED) is 0.448. The summed E-state index contributed by atoms with van der Waals surface area (Å²) in [6, 6.07) is 0. The zero-order valence-corrected chi connectivity index (χ0v) is 8.15. The van der Waals surface area contributed by atoms with E-state index in [9.17, 15) is 0 Å². The first kappa shape index (κ1) is 12.4. The van der Waals surface area contributed by atoms with E-state index in [1.165, 1.54) is 12.8 Å². The van der Waals surface area contributed by atoms with Crippen LogP contribution in [-0.4, -0.2) is 0 Å². The van der Waals surface area contributed by atoms with Crippen molar-refractivity contribution in [2.75, 3.05) is 0 Å². The van der Waals surface area contributed by atoms with Crippen molar-refractivity contribution in [3.63, 3.8) is 0 Å². The fourth-order valence-corrected chi connectivity index (χ4v) is 0.784. The van der Waals surface area contributed by atoms with Gasteiger partial charge in [-0.3, -0.25) is 0 Å². The van der Waals surface area contributed by atoms with E-state index in [0.29, 0.717) is 0 Å². The molecule has 1 aliphatic rings. The van der Waals surface area contributed by atoms with Crippen molar-refractivity contribution in [3.05, 3.63) is 12.2 Å². The van der Waals surface area contributed by atoms with E-state index in [1.807, 2.05) is 27.7 Å². The summed E-state index contributed by atoms with van der Waals surface area (Å²) in [6.07, 6.45) is 7.21. The van der Waals surface area contributed by atoms with Crippen LogP contribution in [0.2, 0.25) is 0 Å². The van der Waals surface area contributed by atoms with Crippen molar-refractivity contribution >= 4 is 0 Å². The summed E-state index contributed by atoms with van der Waals surface area (Å²) in [6.45, 7) is 10.3. The van der Waals surface area contributed by atoms with E-state index >= 15 is 0 Å². The smallest absolute Gasteiger partial charge is 0.0259 e. The number of allylic oxidation sites excluding steroid dienone is 2. The van der Waals surface area contributed by atoms with Crippen LogP contribution < -0.4 is 0 Å². The largest absolute Gasteiger partial charge is 0.0882 e. The van der Waals surface area contributed by atoms with Crippen molar-refractivity contribution in [1.82, 2.24) is 0 Å². The van der Waals surface area contributed by atoms with Crippen LogP contribution in [0.5, 0.6) is 0 Å². The Morgan fingerprint density at radius 2 is 1.60 bits per heavy atom. The highest BCUT2D eigenvalue weighted by molar-refractivity contribution is 4.93. The Morgan fingerprint density at radius 3 is 1.70 bits per heavy atom. The lowest BCUT2D eigenvalue weighted by Gasteiger charge is -1.89. The second kappa shape index (κ2) is 11.5. The average Bonchev–Trinajstić information content (AvgIpc) is 2.48. The van der Waals surface area contributed by atoms with Crippen LogP contribution in [0.15, 0.2) is 12.2 Å². The predicted octanol–water partition coefficient (Wildman–Crippen LogP) is 4.02. The zero-order chi connectivity index (χ0) is 8.41. The van der Waals surface area contributed by atoms with E-state index in [2.05, 4.69) is 19.1 Å². The van der Waals surface area contributed by atoms with Crippen LogP contribution in [0.25, 0.3) is 0 Å². The molecule has 62 valence electrons. The molecule has 1 atom stereocenters. The molecule has 0 aliphatic heterocycles. The summed E-state index contributed by atoms with van der Waals surface area (Å²) < 4.78 is 0. The topological polar surface area (TPSA) is 0 Å². The highest BCUT2D eigenvalue weighted by Crippen LogP contribution is 2.14. The molecule has 0 saturated heterocycles. The molecule has 0 heteroatoms. The van der Waals surface area contributed by atoms with Crippen molar-refractivity contribution in [2.45, 2.75) is 47.5 Å². The van der Waals surface area contributed by atoms with Gasteiger partial charge in [0.2, 0.25) is 0 Å². The van der Waals surface area contributed by atoms with Gasteiger partial charge in [-0.15, -0.1) is 0 Å². The first-order chi connectivity index (χ1) is 4.89. The molecule has 0 nitrogen and oxygen atoms in total. The van der Waals surface area contributed by atoms with Gasteiger partial charge in [0, 0.05) is 0 Å². The minimum atomic E-state index is 0.866. The molecule has 0 amide bonds. The number of rotatable bonds is 0. The Kier molecular flexibility index (Phi) is 14.3. The summed E-state index contributed by atoms with van der Waals surface area (Å²) in [5, 5.41) is 0. The first-order valence-corrected chi connectivity index (χ1v) is 4.56. The molecular weight excluding hydrogens is 120 g/mol. The predicted molar refractivity (Wildman–Crippen MR) is 50.2 cm³/mol. The van der Waals surface area contributed by atoms with Gasteiger partial charge in [-0.2, -0.15) is 0 Å². The molecule has 0 fully saturated rings. The molecule has 0 spiro atoms. The SMILES string of the molecule is CC.CC.CC1C=CCC1. The third-order valence-corrected chi connectivity index (χ3v) is 1.25. The number of hydrogen-bond acceptors (Lipinski definition) is 0. The maximum Gasteiger partial charge on any atom is -0.0259 e. The molecule has 0 bridgehead atoms. The molecule has 0 aromatic carbocycles. The third kappa shape index (κ3) is 7.74. The Bertz CT molecular complexity index is 62.4. The van der Waals surface area contributed by atoms with E-state index in [1.54, 1.807) is 0 Å². The molecule has 1 unspecified atom stereocenters. The standard InChI is InChI=1S/C6H10.2C2H6/c1-6-4-2-3-5-6;2*1-2/h2,4,6H,3,5H2,1H3;2*1-2H3. The molecule has 0 radical (unpaired) electrons. The fraction of sp³-hybridized carbons (Fsp3) is 0.800. The monoisotopic (exact) mass is 142 g/mol. The van der Waals surface area contributed by atoms with Crippen LogP contribution >= 0.6 is 0 Å². The molecule has 0 heterocycles. The van der Waals surface area contributed by atoms with E-state index < -0.39 is 0 Å². The Hall–Kier alpha value is -0.260. The lowest BCUT2D eigenvalue weighted by atomic mass is 10.2. The summed E-state index contributed by atoms with van der Waals surface area (Å²) >= 11 is 0. The molecule has 0 saturated carbocycles. The molecule has 1 aliphatic carbocycles. The van der Waals surface area contributed by atoms with Gasteiger partial charge >= 0.3 is 0 Å². The Morgan fingerprint density at radius 1 is 1.10 bits per heavy atom. The van der Waals surface area contributed by atoms with Gasteiger partial charge in [0.15, 0.2) is 0 Å². The zero-order valence-electron chi connectivity index (χ0n) is 8.15. The minimum absolute atomic E-state index is 0.866. The first-order valence-electron chi connectivity index (χ1n) is 4.56. The molecular formula is C10H22. The molecule has 0 N–H and O–H groups in total. The molecule has 1 rings (SSSR count). The maximum atomic E-state index is 2.28. The number of hydrogen-bond donors (Lipinski definition) is 0. The van der Waals surface area contributed by atoms with Gasteiger partial charge < -0.3 is 0 Å². The second-order valence-corrected chi connectivity index (χ2v) is 1.98. The Balaban J connectivity index is 0. The van der Waals surface area contributed by atoms with Crippen LogP contribution in [0.4, 0.5) is 0 Å². The lowest BCUT2D eigenvalue weighted by molar-refractivity contribution is 0.701. The maximum absolute atomic E-state index is 2.28. The van der Waals surface area contributed by atoms with Gasteiger partial charge in [-0.1, -0.05) is 46.8 Å². The van der Waals surface area contributed by atoms with Crippen molar-refractivity contribution in [2.24, 2.45) is 5.92 Å². The summed E-state index contributed by atoms with van der Waals surface area (Å²) in [4.78, 5) is 0. The molecule has 0 aromatic heterocycles. The summed E-state index contributed by atoms with van der Waals surface area (Å²) in [5.41, 5.74) is 0. The van der Waals surface area contributed by atoms with Crippen molar-refractivity contribution in [1.29, 1.82) is 0 Å². The van der Waals surface area contributed by atoms with Crippen molar-refractivity contribution in [3.8, 4) is 0 Å². The third-order valence-electron chi connectivity index (χ3n) is 1.25. The van der Waals surface area contributed by atoms with Crippen LogP contribution in [-0.2, 0) is 0 Å². The second-order valence-electron chi connectivity index (χ2n) is 1.98. The Labute approximate surface area is 66.3 Å². The summed E-state index contributed by atoms with van der Waals surface area (Å²) in [5.74, 6) is 0.866. The van der Waals surface area contributed by atoms with Crippen LogP contribution in [0, 0.1) is 5.92 Å². The molecule has 10 heavy (non-hydrogen) atoms. The van der Waals surface area contributed by atoms with Gasteiger partial charge in [-0.25, -0.2) is 0 Å². The van der Waals surface area contributed by atoms with E-state index in [-0.39, 0.29) is 0 Å². The molecule has 0 aromatic rings. The van der Waals surface area contributed by atoms with E-state index in [0.717, 1.165) is 5.92 Å². The van der Waals surface area contributed by atoms with Gasteiger partial charge in [0.25, 0.3) is 0 Å². The van der Waals surface area contributed by atoms with Crippen molar-refractivity contribution < 1.29 is 0 Å². The van der Waals surface area contributed by atoms with Crippen LogP contribution in [0.3, 0.4) is 0 Å². The normalized spacial score (nSPS) is 20.3. The average molecular weight is 142 g/mol. The minimum Gasteiger partial charge on any atom is -0.0882 e. The summed E-state index contributed by atoms with van der Waals surface area (Å²) in [7, 11) is 0.